The van der Waals surface area contributed by atoms with Crippen LogP contribution < -0.4 is 37.2 Å². The van der Waals surface area contributed by atoms with Crippen molar-refractivity contribution < 1.29 is 9.59 Å². The van der Waals surface area contributed by atoms with Crippen LogP contribution in [0.15, 0.2) is 18.2 Å². The van der Waals surface area contributed by atoms with Gasteiger partial charge >= 0.3 is 6.03 Å². The van der Waals surface area contributed by atoms with Gasteiger partial charge in [0.1, 0.15) is 6.29 Å². The second-order valence-corrected chi connectivity index (χ2v) is 7.40. The number of urea groups is 1. The first kappa shape index (κ1) is 20.5. The van der Waals surface area contributed by atoms with Crippen molar-refractivity contribution in [3.05, 3.63) is 29.3 Å². The number of hydrogen-bond donors (Lipinski definition) is 7. The Balaban J connectivity index is 1.46. The lowest BCUT2D eigenvalue weighted by Crippen LogP contribution is -2.68. The second-order valence-electron chi connectivity index (χ2n) is 7.40. The maximum Gasteiger partial charge on any atom is 0.321 e. The minimum absolute atomic E-state index is 0.0392. The average Bonchev–Trinajstić information content (AvgIpc) is 2.64. The maximum absolute atomic E-state index is 12.4. The van der Waals surface area contributed by atoms with Gasteiger partial charge in [-0.05, 0) is 49.6 Å². The third kappa shape index (κ3) is 6.16. The largest absolute Gasteiger partial charge is 0.355 e. The van der Waals surface area contributed by atoms with Crippen LogP contribution in [-0.4, -0.2) is 50.1 Å². The molecule has 3 atom stereocenters. The Kier molecular flexibility index (Phi) is 7.21. The smallest absolute Gasteiger partial charge is 0.321 e. The van der Waals surface area contributed by atoms with Gasteiger partial charge in [-0.1, -0.05) is 6.07 Å². The van der Waals surface area contributed by atoms with Crippen molar-refractivity contribution in [2.24, 2.45) is 0 Å². The quantitative estimate of drug-likeness (QED) is 0.338. The molecule has 0 aromatic heterocycles. The Morgan fingerprint density at radius 2 is 2.04 bits per heavy atom. The summed E-state index contributed by atoms with van der Waals surface area (Å²) in [6.45, 7) is 6.64. The molecule has 3 rings (SSSR count). The average molecular weight is 390 g/mol. The zero-order chi connectivity index (χ0) is 19.9. The van der Waals surface area contributed by atoms with E-state index in [2.05, 4.69) is 50.2 Å². The van der Waals surface area contributed by atoms with Crippen LogP contribution >= 0.6 is 0 Å². The van der Waals surface area contributed by atoms with Crippen LogP contribution in [0.2, 0.25) is 0 Å². The summed E-state index contributed by atoms with van der Waals surface area (Å²) in [5, 5.41) is 21.9. The monoisotopic (exact) mass is 389 g/mol. The molecular weight excluding hydrogens is 358 g/mol. The topological polar surface area (TPSA) is 118 Å². The van der Waals surface area contributed by atoms with Crippen LogP contribution in [0.1, 0.15) is 31.4 Å². The van der Waals surface area contributed by atoms with Gasteiger partial charge in [-0.15, -0.1) is 0 Å². The molecule has 1 aromatic carbocycles. The first-order valence-corrected chi connectivity index (χ1v) is 9.89. The van der Waals surface area contributed by atoms with Crippen LogP contribution in [-0.2, 0) is 17.8 Å². The van der Waals surface area contributed by atoms with E-state index in [1.54, 1.807) is 0 Å². The van der Waals surface area contributed by atoms with Crippen LogP contribution in [0.4, 0.5) is 10.5 Å². The van der Waals surface area contributed by atoms with Gasteiger partial charge in [0.05, 0.1) is 6.17 Å². The number of benzene rings is 1. The zero-order valence-electron chi connectivity index (χ0n) is 16.5. The van der Waals surface area contributed by atoms with Gasteiger partial charge in [-0.2, -0.15) is 0 Å². The molecule has 3 unspecified atom stereocenters. The van der Waals surface area contributed by atoms with E-state index in [0.29, 0.717) is 13.1 Å². The second kappa shape index (κ2) is 9.83. The standard InChI is InChI=1S/C19H31N7O2/c1-12-9-17(22-8-7-21-13(2)27)25-18(23-12)26-19(28)24-16-4-3-14-5-6-20-11-15(14)10-16/h3-4,10,12,17-18,20,22-23,25H,5-9,11H2,1-2H3,(H,21,27)(H2,24,26,28). The number of anilines is 1. The number of carbonyl (C=O) groups excluding carboxylic acids is 2. The highest BCUT2D eigenvalue weighted by Gasteiger charge is 2.25. The van der Waals surface area contributed by atoms with Crippen molar-refractivity contribution in [3.63, 3.8) is 0 Å². The van der Waals surface area contributed by atoms with Crippen molar-refractivity contribution in [1.82, 2.24) is 31.9 Å². The molecule has 7 N–H and O–H groups in total. The van der Waals surface area contributed by atoms with E-state index in [1.807, 2.05) is 12.1 Å². The van der Waals surface area contributed by atoms with Crippen LogP contribution in [0, 0.1) is 0 Å². The van der Waals surface area contributed by atoms with Crippen LogP contribution in [0.5, 0.6) is 0 Å². The molecule has 0 bridgehead atoms. The minimum atomic E-state index is -0.346. The van der Waals surface area contributed by atoms with Gasteiger partial charge in [-0.3, -0.25) is 15.4 Å². The fourth-order valence-electron chi connectivity index (χ4n) is 3.59. The molecule has 0 saturated carbocycles. The van der Waals surface area contributed by atoms with Gasteiger partial charge in [0, 0.05) is 38.3 Å². The fraction of sp³-hybridized carbons (Fsp3) is 0.579. The number of amides is 3. The Labute approximate surface area is 165 Å². The summed E-state index contributed by atoms with van der Waals surface area (Å²) in [5.41, 5.74) is 3.35. The molecule has 154 valence electrons. The van der Waals surface area contributed by atoms with Gasteiger partial charge in [-0.25, -0.2) is 4.79 Å². The summed E-state index contributed by atoms with van der Waals surface area (Å²) in [5.74, 6) is -0.0392. The number of carbonyl (C=O) groups is 2. The first-order chi connectivity index (χ1) is 13.5. The van der Waals surface area contributed by atoms with Crippen molar-refractivity contribution in [2.75, 3.05) is 25.0 Å². The highest BCUT2D eigenvalue weighted by Crippen LogP contribution is 2.18. The number of hydrogen-bond acceptors (Lipinski definition) is 6. The molecule has 2 heterocycles. The van der Waals surface area contributed by atoms with Crippen LogP contribution in [0.3, 0.4) is 0 Å². The summed E-state index contributed by atoms with van der Waals surface area (Å²) in [6.07, 6.45) is 1.59. The lowest BCUT2D eigenvalue weighted by Gasteiger charge is -2.36. The van der Waals surface area contributed by atoms with E-state index in [1.165, 1.54) is 18.1 Å². The van der Waals surface area contributed by atoms with Crippen molar-refractivity contribution >= 4 is 17.6 Å². The third-order valence-corrected chi connectivity index (χ3v) is 4.92. The first-order valence-electron chi connectivity index (χ1n) is 9.89. The molecule has 2 aliphatic heterocycles. The zero-order valence-corrected chi connectivity index (χ0v) is 16.5. The van der Waals surface area contributed by atoms with E-state index < -0.39 is 0 Å². The fourth-order valence-corrected chi connectivity index (χ4v) is 3.59. The predicted molar refractivity (Wildman–Crippen MR) is 109 cm³/mol. The van der Waals surface area contributed by atoms with E-state index in [9.17, 15) is 9.59 Å². The molecule has 0 aliphatic carbocycles. The molecule has 2 aliphatic rings. The van der Waals surface area contributed by atoms with E-state index >= 15 is 0 Å². The van der Waals surface area contributed by atoms with Crippen molar-refractivity contribution in [2.45, 2.75) is 51.7 Å². The molecule has 0 radical (unpaired) electrons. The SMILES string of the molecule is CC(=O)NCCNC1CC(C)NC(NC(=O)Nc2ccc3c(c2)CNCC3)N1. The molecule has 9 nitrogen and oxygen atoms in total. The van der Waals surface area contributed by atoms with Crippen molar-refractivity contribution in [1.29, 1.82) is 0 Å². The summed E-state index contributed by atoms with van der Waals surface area (Å²) >= 11 is 0. The Morgan fingerprint density at radius 1 is 1.18 bits per heavy atom. The summed E-state index contributed by atoms with van der Waals surface area (Å²) in [6, 6.07) is 6.03. The highest BCUT2D eigenvalue weighted by molar-refractivity contribution is 5.89. The highest BCUT2D eigenvalue weighted by atomic mass is 16.2. The van der Waals surface area contributed by atoms with Crippen LogP contribution in [0.25, 0.3) is 0 Å². The number of rotatable bonds is 6. The molecule has 28 heavy (non-hydrogen) atoms. The number of fused-ring (bicyclic) bond motifs is 1. The van der Waals surface area contributed by atoms with E-state index in [-0.39, 0.29) is 30.4 Å². The van der Waals surface area contributed by atoms with Crippen molar-refractivity contribution in [3.8, 4) is 0 Å². The van der Waals surface area contributed by atoms with Gasteiger partial charge in [0.2, 0.25) is 5.91 Å². The Morgan fingerprint density at radius 3 is 2.86 bits per heavy atom. The van der Waals surface area contributed by atoms with Gasteiger partial charge in [0.15, 0.2) is 0 Å². The summed E-state index contributed by atoms with van der Waals surface area (Å²) in [4.78, 5) is 23.3. The molecule has 1 saturated heterocycles. The lowest BCUT2D eigenvalue weighted by molar-refractivity contribution is -0.118. The Bertz CT molecular complexity index is 697. The third-order valence-electron chi connectivity index (χ3n) is 4.92. The van der Waals surface area contributed by atoms with Gasteiger partial charge in [0.25, 0.3) is 0 Å². The number of nitrogens with one attached hydrogen (secondary N) is 7. The predicted octanol–water partition coefficient (Wildman–Crippen LogP) is -0.239. The molecule has 0 spiro atoms. The maximum atomic E-state index is 12.4. The summed E-state index contributed by atoms with van der Waals surface area (Å²) in [7, 11) is 0. The molecule has 1 aromatic rings. The van der Waals surface area contributed by atoms with E-state index in [0.717, 1.165) is 31.6 Å². The van der Waals surface area contributed by atoms with Gasteiger partial charge < -0.3 is 26.6 Å². The lowest BCUT2D eigenvalue weighted by atomic mass is 10.0. The molecule has 3 amide bonds. The van der Waals surface area contributed by atoms with E-state index in [4.69, 9.17) is 0 Å². The normalized spacial score (nSPS) is 24.1. The molecular formula is C19H31N7O2. The molecule has 9 heteroatoms. The minimum Gasteiger partial charge on any atom is -0.355 e. The Hall–Kier alpha value is -2.20. The summed E-state index contributed by atoms with van der Waals surface area (Å²) < 4.78 is 0. The molecule has 1 fully saturated rings.